The van der Waals surface area contributed by atoms with Crippen molar-refractivity contribution < 1.29 is 13.2 Å². The van der Waals surface area contributed by atoms with Crippen LogP contribution in [0, 0.1) is 0 Å². The molecule has 0 saturated carbocycles. The lowest BCUT2D eigenvalue weighted by molar-refractivity contribution is -0.146. The minimum Gasteiger partial charge on any atom is -0.288 e. The summed E-state index contributed by atoms with van der Waals surface area (Å²) >= 11 is 5.56. The molecule has 108 valence electrons. The van der Waals surface area contributed by atoms with Gasteiger partial charge in [0, 0.05) is 24.4 Å². The highest BCUT2D eigenvalue weighted by Crippen LogP contribution is 2.19. The zero-order valence-corrected chi connectivity index (χ0v) is 11.5. The third kappa shape index (κ3) is 4.35. The summed E-state index contributed by atoms with van der Waals surface area (Å²) in [5.41, 5.74) is 1.39. The Morgan fingerprint density at radius 2 is 1.85 bits per heavy atom. The summed E-state index contributed by atoms with van der Waals surface area (Å²) in [5, 5.41) is 0.968. The predicted molar refractivity (Wildman–Crippen MR) is 73.8 cm³/mol. The predicted octanol–water partition coefficient (Wildman–Crippen LogP) is 3.84. The number of alkyl halides is 4. The quantitative estimate of drug-likeness (QED) is 0.780. The molecule has 0 bridgehead atoms. The molecule has 0 amide bonds. The third-order valence-corrected chi connectivity index (χ3v) is 3.01. The smallest absolute Gasteiger partial charge is 0.288 e. The number of pyridine rings is 1. The van der Waals surface area contributed by atoms with E-state index >= 15 is 0 Å². The van der Waals surface area contributed by atoms with E-state index in [-0.39, 0.29) is 19.0 Å². The van der Waals surface area contributed by atoms with Crippen LogP contribution in [-0.4, -0.2) is 35.0 Å². The molecule has 0 saturated heterocycles. The van der Waals surface area contributed by atoms with Crippen LogP contribution in [0.25, 0.3) is 10.9 Å². The topological polar surface area (TPSA) is 16.1 Å². The van der Waals surface area contributed by atoms with E-state index in [0.717, 1.165) is 10.9 Å². The van der Waals surface area contributed by atoms with Crippen molar-refractivity contribution in [2.45, 2.75) is 12.7 Å². The Balaban J connectivity index is 2.15. The van der Waals surface area contributed by atoms with Gasteiger partial charge in [-0.3, -0.25) is 9.88 Å². The minimum absolute atomic E-state index is 0.136. The van der Waals surface area contributed by atoms with E-state index < -0.39 is 12.7 Å². The fourth-order valence-electron chi connectivity index (χ4n) is 2.01. The zero-order chi connectivity index (χ0) is 14.6. The van der Waals surface area contributed by atoms with E-state index in [1.807, 2.05) is 30.3 Å². The highest BCUT2D eigenvalue weighted by Gasteiger charge is 2.30. The highest BCUT2D eigenvalue weighted by atomic mass is 35.5. The average molecular weight is 303 g/mol. The number of fused-ring (bicyclic) bond motifs is 1. The molecule has 6 heteroatoms. The van der Waals surface area contributed by atoms with Crippen molar-refractivity contribution in [1.82, 2.24) is 9.88 Å². The fraction of sp³-hybridized carbons (Fsp3) is 0.357. The number of nitrogens with zero attached hydrogens (tertiary/aromatic N) is 2. The van der Waals surface area contributed by atoms with Crippen LogP contribution >= 0.6 is 11.6 Å². The summed E-state index contributed by atoms with van der Waals surface area (Å²) in [7, 11) is 0. The Kier molecular flexibility index (Phi) is 4.83. The highest BCUT2D eigenvalue weighted by molar-refractivity contribution is 6.18. The first-order valence-corrected chi connectivity index (χ1v) is 6.71. The maximum absolute atomic E-state index is 12.5. The van der Waals surface area contributed by atoms with E-state index in [9.17, 15) is 13.2 Å². The summed E-state index contributed by atoms with van der Waals surface area (Å²) in [6, 6.07) is 11.1. The van der Waals surface area contributed by atoms with Crippen LogP contribution in [0.1, 0.15) is 5.69 Å². The number of benzene rings is 1. The number of para-hydroxylation sites is 1. The van der Waals surface area contributed by atoms with Crippen molar-refractivity contribution >= 4 is 22.5 Å². The first-order valence-electron chi connectivity index (χ1n) is 6.18. The van der Waals surface area contributed by atoms with Crippen LogP contribution < -0.4 is 0 Å². The van der Waals surface area contributed by atoms with E-state index in [1.165, 1.54) is 4.90 Å². The lowest BCUT2D eigenvalue weighted by atomic mass is 10.2. The molecule has 0 radical (unpaired) electrons. The Labute approximate surface area is 120 Å². The number of halogens is 4. The molecule has 0 spiro atoms. The van der Waals surface area contributed by atoms with E-state index in [2.05, 4.69) is 4.98 Å². The second kappa shape index (κ2) is 6.41. The van der Waals surface area contributed by atoms with Crippen LogP contribution in [0.4, 0.5) is 13.2 Å². The Hall–Kier alpha value is -1.33. The Bertz CT molecular complexity index is 572. The molecule has 2 rings (SSSR count). The normalized spacial score (nSPS) is 12.2. The van der Waals surface area contributed by atoms with Crippen LogP contribution in [0.5, 0.6) is 0 Å². The van der Waals surface area contributed by atoms with Crippen LogP contribution in [0.3, 0.4) is 0 Å². The Morgan fingerprint density at radius 1 is 1.10 bits per heavy atom. The molecule has 1 aromatic carbocycles. The van der Waals surface area contributed by atoms with E-state index in [0.29, 0.717) is 5.69 Å². The van der Waals surface area contributed by atoms with Crippen molar-refractivity contribution in [2.75, 3.05) is 19.0 Å². The van der Waals surface area contributed by atoms with Crippen molar-refractivity contribution in [3.8, 4) is 0 Å². The van der Waals surface area contributed by atoms with Crippen molar-refractivity contribution in [2.24, 2.45) is 0 Å². The van der Waals surface area contributed by atoms with Gasteiger partial charge in [0.05, 0.1) is 17.8 Å². The van der Waals surface area contributed by atoms with Gasteiger partial charge in [-0.2, -0.15) is 13.2 Å². The summed E-state index contributed by atoms with van der Waals surface area (Å²) < 4.78 is 37.4. The second-order valence-electron chi connectivity index (χ2n) is 4.51. The van der Waals surface area contributed by atoms with Crippen LogP contribution in [0.15, 0.2) is 36.4 Å². The van der Waals surface area contributed by atoms with E-state index in [1.54, 1.807) is 6.07 Å². The van der Waals surface area contributed by atoms with Gasteiger partial charge in [-0.25, -0.2) is 0 Å². The standard InChI is InChI=1S/C14H14ClF3N2/c15-7-8-20(10-14(16,17)18)9-12-6-5-11-3-1-2-4-13(11)19-12/h1-6H,7-10H2. The maximum atomic E-state index is 12.5. The monoisotopic (exact) mass is 302 g/mol. The van der Waals surface area contributed by atoms with Crippen molar-refractivity contribution in [3.63, 3.8) is 0 Å². The zero-order valence-electron chi connectivity index (χ0n) is 10.7. The van der Waals surface area contributed by atoms with Crippen LogP contribution in [-0.2, 0) is 6.54 Å². The molecule has 2 nitrogen and oxygen atoms in total. The molecular weight excluding hydrogens is 289 g/mol. The van der Waals surface area contributed by atoms with Gasteiger partial charge in [0.15, 0.2) is 0 Å². The molecule has 0 N–H and O–H groups in total. The van der Waals surface area contributed by atoms with Gasteiger partial charge in [-0.1, -0.05) is 24.3 Å². The number of rotatable bonds is 5. The summed E-state index contributed by atoms with van der Waals surface area (Å²) in [6.45, 7) is -0.666. The summed E-state index contributed by atoms with van der Waals surface area (Å²) in [5.74, 6) is 0.156. The first-order chi connectivity index (χ1) is 9.48. The van der Waals surface area contributed by atoms with Gasteiger partial charge < -0.3 is 0 Å². The molecular formula is C14H14ClF3N2. The Morgan fingerprint density at radius 3 is 2.55 bits per heavy atom. The lowest BCUT2D eigenvalue weighted by Crippen LogP contribution is -2.35. The molecule has 0 fully saturated rings. The number of hydrogen-bond donors (Lipinski definition) is 0. The molecule has 0 aliphatic heterocycles. The summed E-state index contributed by atoms with van der Waals surface area (Å²) in [6.07, 6.45) is -4.23. The van der Waals surface area contributed by atoms with Gasteiger partial charge >= 0.3 is 6.18 Å². The fourth-order valence-corrected chi connectivity index (χ4v) is 2.25. The molecule has 1 heterocycles. The van der Waals surface area contributed by atoms with Gasteiger partial charge in [-0.05, 0) is 12.1 Å². The van der Waals surface area contributed by atoms with Crippen molar-refractivity contribution in [1.29, 1.82) is 0 Å². The van der Waals surface area contributed by atoms with Gasteiger partial charge in [0.1, 0.15) is 0 Å². The van der Waals surface area contributed by atoms with Gasteiger partial charge in [0.2, 0.25) is 0 Å². The largest absolute Gasteiger partial charge is 0.401 e. The molecule has 0 aliphatic rings. The van der Waals surface area contributed by atoms with Crippen molar-refractivity contribution in [3.05, 3.63) is 42.1 Å². The third-order valence-electron chi connectivity index (χ3n) is 2.85. The van der Waals surface area contributed by atoms with Gasteiger partial charge in [-0.15, -0.1) is 11.6 Å². The lowest BCUT2D eigenvalue weighted by Gasteiger charge is -2.22. The molecule has 0 aliphatic carbocycles. The average Bonchev–Trinajstić information content (AvgIpc) is 2.37. The second-order valence-corrected chi connectivity index (χ2v) is 4.89. The molecule has 0 unspecified atom stereocenters. The van der Waals surface area contributed by atoms with Gasteiger partial charge in [0.25, 0.3) is 0 Å². The molecule has 0 atom stereocenters. The molecule has 20 heavy (non-hydrogen) atoms. The first kappa shape index (κ1) is 15.1. The number of aromatic nitrogens is 1. The number of hydrogen-bond acceptors (Lipinski definition) is 2. The minimum atomic E-state index is -4.23. The van der Waals surface area contributed by atoms with E-state index in [4.69, 9.17) is 11.6 Å². The van der Waals surface area contributed by atoms with Crippen LogP contribution in [0.2, 0.25) is 0 Å². The molecule has 2 aromatic rings. The summed E-state index contributed by atoms with van der Waals surface area (Å²) in [4.78, 5) is 5.63. The molecule has 1 aromatic heterocycles. The SMILES string of the molecule is FC(F)(F)CN(CCCl)Cc1ccc2ccccc2n1. The maximum Gasteiger partial charge on any atom is 0.401 e.